The van der Waals surface area contributed by atoms with E-state index in [0.29, 0.717) is 19.3 Å². The fourth-order valence-electron chi connectivity index (χ4n) is 11.5. The average molecular weight is 1220 g/mol. The number of aliphatic hydroxyl groups is 11. The molecule has 0 bridgehead atoms. The van der Waals surface area contributed by atoms with Crippen LogP contribution in [0.5, 0.6) is 0 Å². The van der Waals surface area contributed by atoms with E-state index in [1.807, 2.05) is 0 Å². The van der Waals surface area contributed by atoms with Gasteiger partial charge in [0.1, 0.15) is 67.1 Å². The van der Waals surface area contributed by atoms with Crippen molar-refractivity contribution in [3.8, 4) is 0 Å². The highest BCUT2D eigenvalue weighted by atomic mass is 16.8. The highest BCUT2D eigenvalue weighted by Gasteiger charge is 2.60. The SMILES string of the molecule is CCCC/C=C\CCCCCCC(=O)NC(COC1OC(CO)C(OC2OC(CO)C(O)C(OC3(C(=O)O)CC(O)C(NC(C)=O)C(C(O)C(O)CO)O3)C2O)C(O)C1O)C(O)CCCCCCCCCCCCCCCCCCCCCCC. The Labute approximate surface area is 505 Å². The number of carbonyl (C=O) groups is 3. The number of hydrogen-bond acceptors (Lipinski definition) is 20. The van der Waals surface area contributed by atoms with Gasteiger partial charge in [-0.25, -0.2) is 4.79 Å². The summed E-state index contributed by atoms with van der Waals surface area (Å²) >= 11 is 0. The summed E-state index contributed by atoms with van der Waals surface area (Å²) in [7, 11) is 0. The zero-order valence-corrected chi connectivity index (χ0v) is 51.5. The van der Waals surface area contributed by atoms with Crippen LogP contribution < -0.4 is 10.6 Å². The molecule has 3 rings (SSSR count). The lowest BCUT2D eigenvalue weighted by atomic mass is 9.88. The Morgan fingerprint density at radius 1 is 0.600 bits per heavy atom. The van der Waals surface area contributed by atoms with Crippen LogP contribution >= 0.6 is 0 Å². The van der Waals surface area contributed by atoms with Gasteiger partial charge < -0.3 is 100 Å². The Morgan fingerprint density at radius 2 is 1.11 bits per heavy atom. The molecule has 0 aromatic carbocycles. The van der Waals surface area contributed by atoms with Gasteiger partial charge in [0.05, 0.1) is 50.7 Å². The summed E-state index contributed by atoms with van der Waals surface area (Å²) in [6.07, 6.45) is 9.63. The number of rotatable bonds is 48. The first-order chi connectivity index (χ1) is 40.9. The van der Waals surface area contributed by atoms with Gasteiger partial charge in [0.2, 0.25) is 11.8 Å². The van der Waals surface area contributed by atoms with Gasteiger partial charge in [-0.2, -0.15) is 0 Å². The third-order valence-electron chi connectivity index (χ3n) is 16.7. The number of hydrogen-bond donors (Lipinski definition) is 14. The van der Waals surface area contributed by atoms with E-state index in [9.17, 15) is 75.7 Å². The van der Waals surface area contributed by atoms with Gasteiger partial charge in [-0.05, 0) is 32.1 Å². The summed E-state index contributed by atoms with van der Waals surface area (Å²) in [5.74, 6) is -6.12. The minimum atomic E-state index is -3.08. The molecule has 2 amide bonds. The molecule has 498 valence electrons. The number of carbonyl (C=O) groups excluding carboxylic acids is 2. The second-order valence-electron chi connectivity index (χ2n) is 24.0. The van der Waals surface area contributed by atoms with Crippen LogP contribution in [0.3, 0.4) is 0 Å². The molecule has 0 aliphatic carbocycles. The van der Waals surface area contributed by atoms with E-state index in [1.165, 1.54) is 103 Å². The summed E-state index contributed by atoms with van der Waals surface area (Å²) in [6.45, 7) is 2.13. The van der Waals surface area contributed by atoms with Gasteiger partial charge in [-0.3, -0.25) is 9.59 Å². The number of amides is 2. The third-order valence-corrected chi connectivity index (χ3v) is 16.7. The number of allylic oxidation sites excluding steroid dienone is 2. The largest absolute Gasteiger partial charge is 0.477 e. The fourth-order valence-corrected chi connectivity index (χ4v) is 11.5. The first-order valence-electron chi connectivity index (χ1n) is 32.5. The van der Waals surface area contributed by atoms with E-state index in [1.54, 1.807) is 0 Å². The molecule has 3 fully saturated rings. The molecular formula is C62H114N2O21. The summed E-state index contributed by atoms with van der Waals surface area (Å²) in [6, 6.07) is -2.53. The van der Waals surface area contributed by atoms with E-state index in [-0.39, 0.29) is 18.9 Å². The molecule has 3 aliphatic rings. The molecule has 0 aromatic heterocycles. The van der Waals surface area contributed by atoms with E-state index < -0.39 is 148 Å². The van der Waals surface area contributed by atoms with Crippen LogP contribution in [-0.2, 0) is 42.8 Å². The molecular weight excluding hydrogens is 1110 g/mol. The molecule has 0 radical (unpaired) electrons. The van der Waals surface area contributed by atoms with Crippen LogP contribution in [0.25, 0.3) is 0 Å². The lowest BCUT2D eigenvalue weighted by Gasteiger charge is -2.50. The number of carboxylic acids is 1. The first-order valence-corrected chi connectivity index (χ1v) is 32.5. The van der Waals surface area contributed by atoms with E-state index in [0.717, 1.165) is 77.6 Å². The topological polar surface area (TPSA) is 373 Å². The Kier molecular flexibility index (Phi) is 39.7. The molecule has 0 saturated carbocycles. The molecule has 23 nitrogen and oxygen atoms in total. The minimum absolute atomic E-state index is 0.209. The van der Waals surface area contributed by atoms with Crippen LogP contribution in [0.15, 0.2) is 12.2 Å². The number of aliphatic carboxylic acids is 1. The van der Waals surface area contributed by atoms with Crippen molar-refractivity contribution in [2.45, 2.75) is 336 Å². The molecule has 3 aliphatic heterocycles. The van der Waals surface area contributed by atoms with E-state index in [2.05, 4.69) is 36.6 Å². The summed E-state index contributed by atoms with van der Waals surface area (Å²) in [5.41, 5.74) is 0. The predicted molar refractivity (Wildman–Crippen MR) is 315 cm³/mol. The van der Waals surface area contributed by atoms with Crippen molar-refractivity contribution >= 4 is 17.8 Å². The number of nitrogens with one attached hydrogen (secondary N) is 2. The number of unbranched alkanes of at least 4 members (excludes halogenated alkanes) is 26. The monoisotopic (exact) mass is 1220 g/mol. The molecule has 0 spiro atoms. The molecule has 3 heterocycles. The van der Waals surface area contributed by atoms with Gasteiger partial charge >= 0.3 is 5.97 Å². The standard InChI is InChI=1S/C62H114N2O21/c1-4-6-8-10-12-14-16-17-18-19-20-21-22-23-24-25-26-27-29-31-33-35-44(69)43(64-49(72)36-34-32-30-28-15-13-11-9-7-5-2)41-80-59-54(76)53(75)56(48(40-67)82-59)83-60-55(77)58(52(74)47(39-66)81-60)85-62(61(78)79)37-45(70)50(63-42(3)68)57(84-62)51(73)46(71)38-65/h11,13,43-48,50-60,65-67,69-71,73-77H,4-10,12,14-41H2,1-3H3,(H,63,68)(H,64,72)(H,78,79)/b13-11-. The Balaban J connectivity index is 1.60. The summed E-state index contributed by atoms with van der Waals surface area (Å²) < 4.78 is 34.7. The quantitative estimate of drug-likeness (QED) is 0.0298. The molecule has 18 atom stereocenters. The van der Waals surface area contributed by atoms with Crippen LogP contribution in [0, 0.1) is 0 Å². The van der Waals surface area contributed by atoms with Crippen molar-refractivity contribution in [2.75, 3.05) is 26.4 Å². The number of aliphatic hydroxyl groups excluding tert-OH is 11. The van der Waals surface area contributed by atoms with Crippen molar-refractivity contribution in [1.29, 1.82) is 0 Å². The van der Waals surface area contributed by atoms with Crippen molar-refractivity contribution in [1.82, 2.24) is 10.6 Å². The van der Waals surface area contributed by atoms with Gasteiger partial charge in [0.25, 0.3) is 5.79 Å². The molecule has 14 N–H and O–H groups in total. The van der Waals surface area contributed by atoms with Crippen molar-refractivity contribution in [3.05, 3.63) is 12.2 Å². The van der Waals surface area contributed by atoms with Crippen molar-refractivity contribution < 1.29 is 104 Å². The van der Waals surface area contributed by atoms with Gasteiger partial charge in [0, 0.05) is 19.8 Å². The zero-order valence-electron chi connectivity index (χ0n) is 51.5. The highest BCUT2D eigenvalue weighted by molar-refractivity contribution is 5.77. The minimum Gasteiger partial charge on any atom is -0.477 e. The Hall–Kier alpha value is -2.53. The lowest BCUT2D eigenvalue weighted by Crippen LogP contribution is -2.70. The maximum Gasteiger partial charge on any atom is 0.364 e. The number of carboxylic acid groups (broad SMARTS) is 1. The zero-order chi connectivity index (χ0) is 62.6. The highest BCUT2D eigenvalue weighted by Crippen LogP contribution is 2.38. The third kappa shape index (κ3) is 27.6. The van der Waals surface area contributed by atoms with Gasteiger partial charge in [0.15, 0.2) is 12.6 Å². The normalized spacial score (nSPS) is 29.6. The van der Waals surface area contributed by atoms with Gasteiger partial charge in [-0.1, -0.05) is 187 Å². The first kappa shape index (κ1) is 76.7. The molecule has 3 saturated heterocycles. The van der Waals surface area contributed by atoms with E-state index in [4.69, 9.17) is 28.4 Å². The Bertz CT molecular complexity index is 1790. The molecule has 0 aromatic rings. The van der Waals surface area contributed by atoms with Crippen LogP contribution in [-0.4, -0.2) is 215 Å². The summed E-state index contributed by atoms with van der Waals surface area (Å²) in [4.78, 5) is 38.4. The number of ether oxygens (including phenoxy) is 6. The van der Waals surface area contributed by atoms with Crippen LogP contribution in [0.4, 0.5) is 0 Å². The molecule has 85 heavy (non-hydrogen) atoms. The fraction of sp³-hybridized carbons (Fsp3) is 0.919. The predicted octanol–water partition coefficient (Wildman–Crippen LogP) is 4.34. The maximum absolute atomic E-state index is 13.4. The average Bonchev–Trinajstić information content (AvgIpc) is 3.54. The molecule has 23 heteroatoms. The van der Waals surface area contributed by atoms with Crippen LogP contribution in [0.2, 0.25) is 0 Å². The lowest BCUT2D eigenvalue weighted by molar-refractivity contribution is -0.386. The van der Waals surface area contributed by atoms with E-state index >= 15 is 0 Å². The van der Waals surface area contributed by atoms with Crippen molar-refractivity contribution in [3.63, 3.8) is 0 Å². The molecule has 18 unspecified atom stereocenters. The summed E-state index contributed by atoms with van der Waals surface area (Å²) in [5, 5.41) is 136. The van der Waals surface area contributed by atoms with Crippen molar-refractivity contribution in [2.24, 2.45) is 0 Å². The van der Waals surface area contributed by atoms with Crippen LogP contribution in [0.1, 0.15) is 226 Å². The second-order valence-corrected chi connectivity index (χ2v) is 24.0. The smallest absolute Gasteiger partial charge is 0.364 e. The Morgan fingerprint density at radius 3 is 1.62 bits per heavy atom. The second kappa shape index (κ2) is 44.0. The maximum atomic E-state index is 13.4. The van der Waals surface area contributed by atoms with Gasteiger partial charge in [-0.15, -0.1) is 0 Å².